The highest BCUT2D eigenvalue weighted by Crippen LogP contribution is 2.22. The van der Waals surface area contributed by atoms with Crippen LogP contribution in [0.5, 0.6) is 0 Å². The van der Waals surface area contributed by atoms with Gasteiger partial charge < -0.3 is 0 Å². The van der Waals surface area contributed by atoms with Crippen molar-refractivity contribution < 1.29 is 16.8 Å². The number of aryl methyl sites for hydroxylation is 2. The molecule has 6 nitrogen and oxygen atoms in total. The van der Waals surface area contributed by atoms with E-state index in [1.54, 1.807) is 36.4 Å². The van der Waals surface area contributed by atoms with E-state index in [0.717, 1.165) is 11.1 Å². The number of nitrogens with zero attached hydrogens (tertiary/aromatic N) is 2. The maximum atomic E-state index is 12.6. The molecule has 0 bridgehead atoms. The Kier molecular flexibility index (Phi) is 7.19. The standard InChI is InChI=1S/C22H18Cl2N2O4S2/c1-15-7-11-17(12-8-15)31(27,28)25-21(23)19-5-3-4-6-20(19)22(24)26-32(29,30)18-13-9-16(2)10-14-18/h3-14H,1-2H3. The second-order valence-electron chi connectivity index (χ2n) is 6.89. The predicted octanol–water partition coefficient (Wildman–Crippen LogP) is 5.05. The highest BCUT2D eigenvalue weighted by Gasteiger charge is 2.20. The van der Waals surface area contributed by atoms with Crippen molar-refractivity contribution in [2.45, 2.75) is 23.6 Å². The quantitative estimate of drug-likeness (QED) is 0.435. The van der Waals surface area contributed by atoms with Crippen molar-refractivity contribution in [3.63, 3.8) is 0 Å². The molecule has 0 unspecified atom stereocenters. The van der Waals surface area contributed by atoms with Crippen molar-refractivity contribution in [2.75, 3.05) is 0 Å². The summed E-state index contributed by atoms with van der Waals surface area (Å²) in [5, 5.41) is -0.746. The smallest absolute Gasteiger partial charge is 0.199 e. The molecule has 0 fully saturated rings. The van der Waals surface area contributed by atoms with Crippen molar-refractivity contribution in [3.05, 3.63) is 95.1 Å². The lowest BCUT2D eigenvalue weighted by Crippen LogP contribution is -2.08. The van der Waals surface area contributed by atoms with E-state index in [0.29, 0.717) is 0 Å². The highest BCUT2D eigenvalue weighted by molar-refractivity contribution is 7.90. The summed E-state index contributed by atoms with van der Waals surface area (Å²) in [6, 6.07) is 18.4. The number of hydrogen-bond donors (Lipinski definition) is 0. The van der Waals surface area contributed by atoms with Gasteiger partial charge in [0.25, 0.3) is 20.0 Å². The molecule has 32 heavy (non-hydrogen) atoms. The molecule has 10 heteroatoms. The fraction of sp³-hybridized carbons (Fsp3) is 0.0909. The van der Waals surface area contributed by atoms with E-state index >= 15 is 0 Å². The molecule has 0 aliphatic carbocycles. The maximum absolute atomic E-state index is 12.6. The second kappa shape index (κ2) is 9.54. The first-order valence-electron chi connectivity index (χ1n) is 9.24. The molecule has 0 radical (unpaired) electrons. The molecule has 0 N–H and O–H groups in total. The average molecular weight is 509 g/mol. The van der Waals surface area contributed by atoms with Crippen LogP contribution in [0, 0.1) is 13.8 Å². The predicted molar refractivity (Wildman–Crippen MR) is 128 cm³/mol. The summed E-state index contributed by atoms with van der Waals surface area (Å²) in [5.74, 6) is 0. The van der Waals surface area contributed by atoms with Crippen molar-refractivity contribution >= 4 is 53.6 Å². The van der Waals surface area contributed by atoms with E-state index in [1.807, 2.05) is 13.8 Å². The third kappa shape index (κ3) is 5.63. The minimum Gasteiger partial charge on any atom is -0.199 e. The Balaban J connectivity index is 2.03. The van der Waals surface area contributed by atoms with Crippen LogP contribution in [-0.4, -0.2) is 27.2 Å². The lowest BCUT2D eigenvalue weighted by atomic mass is 10.1. The van der Waals surface area contributed by atoms with Crippen molar-refractivity contribution in [2.24, 2.45) is 8.80 Å². The Labute approximate surface area is 197 Å². The Morgan fingerprint density at radius 2 is 0.906 bits per heavy atom. The van der Waals surface area contributed by atoms with E-state index in [2.05, 4.69) is 8.80 Å². The van der Waals surface area contributed by atoms with Gasteiger partial charge in [0.1, 0.15) is 0 Å². The maximum Gasteiger partial charge on any atom is 0.283 e. The third-order valence-corrected chi connectivity index (χ3v) is 7.77. The van der Waals surface area contributed by atoms with Crippen LogP contribution in [0.3, 0.4) is 0 Å². The van der Waals surface area contributed by atoms with Crippen molar-refractivity contribution in [1.82, 2.24) is 0 Å². The molecule has 0 aliphatic rings. The van der Waals surface area contributed by atoms with Crippen LogP contribution in [0.25, 0.3) is 0 Å². The summed E-state index contributed by atoms with van der Waals surface area (Å²) < 4.78 is 57.8. The zero-order valence-electron chi connectivity index (χ0n) is 17.0. The first-order valence-corrected chi connectivity index (χ1v) is 12.9. The van der Waals surface area contributed by atoms with Gasteiger partial charge in [-0.1, -0.05) is 82.9 Å². The topological polar surface area (TPSA) is 93.0 Å². The molecule has 0 aliphatic heterocycles. The lowest BCUT2D eigenvalue weighted by molar-refractivity contribution is 0.596. The third-order valence-electron chi connectivity index (χ3n) is 4.41. The lowest BCUT2D eigenvalue weighted by Gasteiger charge is -2.07. The van der Waals surface area contributed by atoms with Gasteiger partial charge in [0, 0.05) is 11.1 Å². The number of hydrogen-bond acceptors (Lipinski definition) is 4. The van der Waals surface area contributed by atoms with Crippen LogP contribution in [0.1, 0.15) is 22.3 Å². The molecule has 166 valence electrons. The van der Waals surface area contributed by atoms with Crippen LogP contribution >= 0.6 is 23.2 Å². The molecular weight excluding hydrogens is 491 g/mol. The van der Waals surface area contributed by atoms with Crippen LogP contribution in [0.15, 0.2) is 91.4 Å². The van der Waals surface area contributed by atoms with Crippen molar-refractivity contribution in [3.8, 4) is 0 Å². The molecule has 0 aromatic heterocycles. The first kappa shape index (κ1) is 24.1. The Morgan fingerprint density at radius 1 is 0.594 bits per heavy atom. The summed E-state index contributed by atoms with van der Waals surface area (Å²) in [4.78, 5) is -0.0547. The van der Waals surface area contributed by atoms with Crippen LogP contribution in [-0.2, 0) is 20.0 Å². The summed E-state index contributed by atoms with van der Waals surface area (Å²) >= 11 is 12.5. The fourth-order valence-corrected chi connectivity index (χ4v) is 5.34. The van der Waals surface area contributed by atoms with E-state index in [4.69, 9.17) is 23.2 Å². The molecule has 3 rings (SSSR count). The van der Waals surface area contributed by atoms with Crippen LogP contribution < -0.4 is 0 Å². The number of halogens is 2. The molecule has 0 heterocycles. The zero-order chi connectivity index (χ0) is 23.5. The van der Waals surface area contributed by atoms with E-state index in [9.17, 15) is 16.8 Å². The molecular formula is C22H18Cl2N2O4S2. The van der Waals surface area contributed by atoms with Gasteiger partial charge >= 0.3 is 0 Å². The molecule has 0 amide bonds. The van der Waals surface area contributed by atoms with Crippen molar-refractivity contribution in [1.29, 1.82) is 0 Å². The summed E-state index contributed by atoms with van der Waals surface area (Å²) in [6.07, 6.45) is 0. The fourth-order valence-electron chi connectivity index (χ4n) is 2.68. The summed E-state index contributed by atoms with van der Waals surface area (Å²) in [6.45, 7) is 3.66. The van der Waals surface area contributed by atoms with Gasteiger partial charge in [-0.3, -0.25) is 0 Å². The second-order valence-corrected chi connectivity index (χ2v) is 10.8. The first-order chi connectivity index (χ1) is 15.0. The monoisotopic (exact) mass is 508 g/mol. The van der Waals surface area contributed by atoms with E-state index in [-0.39, 0.29) is 31.3 Å². The van der Waals surface area contributed by atoms with Gasteiger partial charge in [0.15, 0.2) is 10.3 Å². The number of sulfonamides is 2. The average Bonchev–Trinajstić information content (AvgIpc) is 2.73. The van der Waals surface area contributed by atoms with Gasteiger partial charge in [0.2, 0.25) is 0 Å². The van der Waals surface area contributed by atoms with Gasteiger partial charge in [-0.25, -0.2) is 0 Å². The van der Waals surface area contributed by atoms with Gasteiger partial charge in [-0.15, -0.1) is 8.80 Å². The minimum absolute atomic E-state index is 0.0274. The molecule has 0 saturated carbocycles. The Bertz CT molecular complexity index is 1300. The van der Waals surface area contributed by atoms with Gasteiger partial charge in [0.05, 0.1) is 9.79 Å². The van der Waals surface area contributed by atoms with E-state index < -0.39 is 20.0 Å². The zero-order valence-corrected chi connectivity index (χ0v) is 20.2. The van der Waals surface area contributed by atoms with Crippen LogP contribution in [0.4, 0.5) is 0 Å². The van der Waals surface area contributed by atoms with Gasteiger partial charge in [-0.2, -0.15) is 16.8 Å². The van der Waals surface area contributed by atoms with Gasteiger partial charge in [-0.05, 0) is 38.1 Å². The van der Waals surface area contributed by atoms with E-state index in [1.165, 1.54) is 36.4 Å². The molecule has 3 aromatic rings. The molecule has 0 spiro atoms. The molecule has 0 atom stereocenters. The molecule has 3 aromatic carbocycles. The number of rotatable bonds is 6. The highest BCUT2D eigenvalue weighted by atomic mass is 35.5. The molecule has 0 saturated heterocycles. The Hall–Kier alpha value is -2.52. The Morgan fingerprint density at radius 3 is 1.22 bits per heavy atom. The van der Waals surface area contributed by atoms with Crippen LogP contribution in [0.2, 0.25) is 0 Å². The minimum atomic E-state index is -4.09. The largest absolute Gasteiger partial charge is 0.283 e. The summed E-state index contributed by atoms with van der Waals surface area (Å²) in [7, 11) is -8.19. The number of benzene rings is 3. The SMILES string of the molecule is Cc1ccc(S(=O)(=O)N=C(Cl)c2ccccc2C(Cl)=NS(=O)(=O)c2ccc(C)cc2)cc1. The summed E-state index contributed by atoms with van der Waals surface area (Å²) in [5.41, 5.74) is 2.03. The normalized spacial score (nSPS) is 13.2.